The molecule has 2 N–H and O–H groups in total. The minimum absolute atomic E-state index is 0.0111. The van der Waals surface area contributed by atoms with E-state index in [4.69, 9.17) is 4.74 Å². The lowest BCUT2D eigenvalue weighted by molar-refractivity contribution is -0.135. The smallest absolute Gasteiger partial charge is 0.319 e. The van der Waals surface area contributed by atoms with Crippen LogP contribution in [0.1, 0.15) is 26.7 Å². The van der Waals surface area contributed by atoms with Gasteiger partial charge in [-0.1, -0.05) is 6.92 Å². The van der Waals surface area contributed by atoms with Crippen molar-refractivity contribution in [2.24, 2.45) is 5.92 Å². The summed E-state index contributed by atoms with van der Waals surface area (Å²) < 4.78 is 5.43. The van der Waals surface area contributed by atoms with Gasteiger partial charge in [0.1, 0.15) is 0 Å². The molecule has 0 spiro atoms. The number of rotatable bonds is 5. The Balaban J connectivity index is 1.79. The van der Waals surface area contributed by atoms with Crippen molar-refractivity contribution in [2.45, 2.75) is 26.7 Å². The molecule has 1 atom stereocenters. The van der Waals surface area contributed by atoms with E-state index in [0.29, 0.717) is 24.0 Å². The lowest BCUT2D eigenvalue weighted by atomic mass is 10.0. The van der Waals surface area contributed by atoms with Crippen LogP contribution in [-0.4, -0.2) is 48.1 Å². The largest absolute Gasteiger partial charge is 0.468 e. The molecule has 0 aliphatic carbocycles. The lowest BCUT2D eigenvalue weighted by Crippen LogP contribution is -2.41. The van der Waals surface area contributed by atoms with Crippen molar-refractivity contribution >= 4 is 17.6 Å². The summed E-state index contributed by atoms with van der Waals surface area (Å²) in [6.45, 7) is 6.14. The van der Waals surface area contributed by atoms with Crippen molar-refractivity contribution in [3.05, 3.63) is 18.3 Å². The summed E-state index contributed by atoms with van der Waals surface area (Å²) in [6.07, 6.45) is 3.72. The number of urea groups is 1. The van der Waals surface area contributed by atoms with Crippen LogP contribution < -0.4 is 15.4 Å². The molecule has 0 unspecified atom stereocenters. The molecule has 7 heteroatoms. The van der Waals surface area contributed by atoms with Gasteiger partial charge in [-0.25, -0.2) is 9.78 Å². The zero-order valence-electron chi connectivity index (χ0n) is 13.7. The standard InChI is InChI=1S/C16H24N4O3/c1-3-17-16(22)19-13-6-7-14(18-9-13)23-11-15(21)20-8-4-5-12(2)10-20/h6-7,9,12H,3-5,8,10-11H2,1-2H3,(H2,17,19,22)/t12-/m1/s1. The van der Waals surface area contributed by atoms with E-state index in [9.17, 15) is 9.59 Å². The fraction of sp³-hybridized carbons (Fsp3) is 0.562. The van der Waals surface area contributed by atoms with Gasteiger partial charge in [-0.2, -0.15) is 0 Å². The second-order valence-electron chi connectivity index (χ2n) is 5.75. The maximum Gasteiger partial charge on any atom is 0.319 e. The Morgan fingerprint density at radius 3 is 2.91 bits per heavy atom. The highest BCUT2D eigenvalue weighted by atomic mass is 16.5. The number of aromatic nitrogens is 1. The van der Waals surface area contributed by atoms with Gasteiger partial charge in [0.2, 0.25) is 5.88 Å². The fourth-order valence-corrected chi connectivity index (χ4v) is 2.52. The van der Waals surface area contributed by atoms with Crippen LogP contribution in [0.2, 0.25) is 0 Å². The Labute approximate surface area is 136 Å². The first kappa shape index (κ1) is 17.1. The summed E-state index contributed by atoms with van der Waals surface area (Å²) in [4.78, 5) is 29.4. The summed E-state index contributed by atoms with van der Waals surface area (Å²) in [5.41, 5.74) is 0.569. The van der Waals surface area contributed by atoms with E-state index < -0.39 is 0 Å². The second kappa shape index (κ2) is 8.36. The molecule has 2 heterocycles. The summed E-state index contributed by atoms with van der Waals surface area (Å²) in [5, 5.41) is 5.28. The number of carbonyl (C=O) groups is 2. The van der Waals surface area contributed by atoms with Gasteiger partial charge in [0.15, 0.2) is 6.61 Å². The number of pyridine rings is 1. The van der Waals surface area contributed by atoms with E-state index in [1.54, 1.807) is 12.1 Å². The monoisotopic (exact) mass is 320 g/mol. The highest BCUT2D eigenvalue weighted by molar-refractivity contribution is 5.88. The number of anilines is 1. The number of nitrogens with one attached hydrogen (secondary N) is 2. The predicted molar refractivity (Wildman–Crippen MR) is 87.4 cm³/mol. The van der Waals surface area contributed by atoms with Crippen molar-refractivity contribution < 1.29 is 14.3 Å². The Morgan fingerprint density at radius 1 is 1.43 bits per heavy atom. The number of nitrogens with zero attached hydrogens (tertiary/aromatic N) is 2. The molecule has 1 aliphatic heterocycles. The minimum atomic E-state index is -0.280. The van der Waals surface area contributed by atoms with Crippen molar-refractivity contribution in [3.8, 4) is 5.88 Å². The van der Waals surface area contributed by atoms with E-state index in [-0.39, 0.29) is 18.5 Å². The number of hydrogen-bond donors (Lipinski definition) is 2. The van der Waals surface area contributed by atoms with Gasteiger partial charge in [0, 0.05) is 25.7 Å². The zero-order valence-corrected chi connectivity index (χ0v) is 13.7. The molecular weight excluding hydrogens is 296 g/mol. The molecule has 7 nitrogen and oxygen atoms in total. The molecular formula is C16H24N4O3. The zero-order chi connectivity index (χ0) is 16.7. The van der Waals surface area contributed by atoms with Gasteiger partial charge in [-0.05, 0) is 31.7 Å². The van der Waals surface area contributed by atoms with Crippen LogP contribution >= 0.6 is 0 Å². The average molecular weight is 320 g/mol. The number of amides is 3. The molecule has 23 heavy (non-hydrogen) atoms. The van der Waals surface area contributed by atoms with Crippen LogP contribution in [0.4, 0.5) is 10.5 Å². The maximum atomic E-state index is 12.1. The highest BCUT2D eigenvalue weighted by Crippen LogP contribution is 2.16. The molecule has 1 fully saturated rings. The third-order valence-electron chi connectivity index (χ3n) is 3.68. The number of piperidine rings is 1. The van der Waals surface area contributed by atoms with E-state index in [1.165, 1.54) is 12.6 Å². The quantitative estimate of drug-likeness (QED) is 0.867. The Bertz CT molecular complexity index is 533. The SMILES string of the molecule is CCNC(=O)Nc1ccc(OCC(=O)N2CCC[C@@H](C)C2)nc1. The maximum absolute atomic E-state index is 12.1. The van der Waals surface area contributed by atoms with Gasteiger partial charge < -0.3 is 20.3 Å². The van der Waals surface area contributed by atoms with Crippen LogP contribution in [0.3, 0.4) is 0 Å². The van der Waals surface area contributed by atoms with Crippen molar-refractivity contribution in [2.75, 3.05) is 31.6 Å². The van der Waals surface area contributed by atoms with Crippen LogP contribution in [0, 0.1) is 5.92 Å². The summed E-state index contributed by atoms with van der Waals surface area (Å²) in [6, 6.07) is 3.04. The number of carbonyl (C=O) groups excluding carboxylic acids is 2. The molecule has 3 amide bonds. The Kier molecular flexibility index (Phi) is 6.19. The molecule has 126 valence electrons. The number of likely N-dealkylation sites (tertiary alicyclic amines) is 1. The molecule has 1 aromatic rings. The third kappa shape index (κ3) is 5.43. The number of ether oxygens (including phenoxy) is 1. The van der Waals surface area contributed by atoms with Crippen LogP contribution in [0.5, 0.6) is 5.88 Å². The minimum Gasteiger partial charge on any atom is -0.468 e. The summed E-state index contributed by atoms with van der Waals surface area (Å²) in [5.74, 6) is 0.901. The molecule has 0 bridgehead atoms. The van der Waals surface area contributed by atoms with Gasteiger partial charge in [-0.3, -0.25) is 4.79 Å². The summed E-state index contributed by atoms with van der Waals surface area (Å²) >= 11 is 0. The second-order valence-corrected chi connectivity index (χ2v) is 5.75. The van der Waals surface area contributed by atoms with E-state index >= 15 is 0 Å². The molecule has 0 radical (unpaired) electrons. The third-order valence-corrected chi connectivity index (χ3v) is 3.68. The van der Waals surface area contributed by atoms with Gasteiger partial charge in [0.05, 0.1) is 11.9 Å². The normalized spacial score (nSPS) is 17.5. The van der Waals surface area contributed by atoms with Crippen molar-refractivity contribution in [3.63, 3.8) is 0 Å². The topological polar surface area (TPSA) is 83.6 Å². The highest BCUT2D eigenvalue weighted by Gasteiger charge is 2.21. The van der Waals surface area contributed by atoms with Crippen molar-refractivity contribution in [1.82, 2.24) is 15.2 Å². The van der Waals surface area contributed by atoms with E-state index in [0.717, 1.165) is 19.5 Å². The van der Waals surface area contributed by atoms with Crippen LogP contribution in [0.15, 0.2) is 18.3 Å². The van der Waals surface area contributed by atoms with Gasteiger partial charge in [0.25, 0.3) is 5.91 Å². The van der Waals surface area contributed by atoms with E-state index in [2.05, 4.69) is 22.5 Å². The Hall–Kier alpha value is -2.31. The average Bonchev–Trinajstić information content (AvgIpc) is 2.54. The molecule has 2 rings (SSSR count). The Morgan fingerprint density at radius 2 is 2.26 bits per heavy atom. The predicted octanol–water partition coefficient (Wildman–Crippen LogP) is 1.86. The first-order valence-corrected chi connectivity index (χ1v) is 8.00. The fourth-order valence-electron chi connectivity index (χ4n) is 2.52. The number of hydrogen-bond acceptors (Lipinski definition) is 4. The first-order valence-electron chi connectivity index (χ1n) is 8.00. The molecule has 0 aromatic carbocycles. The lowest BCUT2D eigenvalue weighted by Gasteiger charge is -2.30. The van der Waals surface area contributed by atoms with Crippen LogP contribution in [-0.2, 0) is 4.79 Å². The van der Waals surface area contributed by atoms with Gasteiger partial charge >= 0.3 is 6.03 Å². The van der Waals surface area contributed by atoms with E-state index in [1.807, 2.05) is 11.8 Å². The molecule has 0 saturated carbocycles. The molecule has 1 saturated heterocycles. The molecule has 1 aliphatic rings. The van der Waals surface area contributed by atoms with Gasteiger partial charge in [-0.15, -0.1) is 0 Å². The molecule has 1 aromatic heterocycles. The van der Waals surface area contributed by atoms with Crippen LogP contribution in [0.25, 0.3) is 0 Å². The first-order chi connectivity index (χ1) is 11.1. The summed E-state index contributed by atoms with van der Waals surface area (Å²) in [7, 11) is 0. The van der Waals surface area contributed by atoms with Crippen molar-refractivity contribution in [1.29, 1.82) is 0 Å².